The molecular formula is C15H13ClN2O5. The molecule has 0 spiro atoms. The van der Waals surface area contributed by atoms with Crippen LogP contribution >= 0.6 is 11.6 Å². The van der Waals surface area contributed by atoms with Crippen molar-refractivity contribution in [2.75, 3.05) is 12.1 Å². The number of ether oxygens (including phenoxy) is 2. The van der Waals surface area contributed by atoms with Gasteiger partial charge in [-0.3, -0.25) is 0 Å². The van der Waals surface area contributed by atoms with Crippen LogP contribution < -0.4 is 19.9 Å². The van der Waals surface area contributed by atoms with E-state index in [0.717, 1.165) is 5.01 Å². The molecule has 2 rings (SSSR count). The van der Waals surface area contributed by atoms with Crippen molar-refractivity contribution < 1.29 is 24.2 Å². The number of carboxylic acid groups (broad SMARTS) is 1. The SMILES string of the molecule is COc1ccccc1N(NC(=O)O)C(=O)Oc1ccc(Cl)cc1. The number of amides is 2. The van der Waals surface area contributed by atoms with Crippen molar-refractivity contribution in [2.24, 2.45) is 0 Å². The number of methoxy groups -OCH3 is 1. The number of hydrogen-bond donors (Lipinski definition) is 2. The third-order valence-corrected chi connectivity index (χ3v) is 2.99. The van der Waals surface area contributed by atoms with E-state index in [0.29, 0.717) is 10.8 Å². The lowest BCUT2D eigenvalue weighted by Crippen LogP contribution is -2.47. The van der Waals surface area contributed by atoms with Crippen molar-refractivity contribution in [3.05, 3.63) is 53.6 Å². The number of nitrogens with zero attached hydrogens (tertiary/aromatic N) is 1. The Morgan fingerprint density at radius 1 is 1.13 bits per heavy atom. The largest absolute Gasteiger partial charge is 0.494 e. The molecule has 2 N–H and O–H groups in total. The van der Waals surface area contributed by atoms with Gasteiger partial charge in [-0.15, -0.1) is 0 Å². The minimum absolute atomic E-state index is 0.191. The monoisotopic (exact) mass is 336 g/mol. The molecule has 7 nitrogen and oxygen atoms in total. The quantitative estimate of drug-likeness (QED) is 0.837. The summed E-state index contributed by atoms with van der Waals surface area (Å²) in [5.41, 5.74) is 2.16. The molecule has 0 heterocycles. The van der Waals surface area contributed by atoms with Crippen LogP contribution in [0.1, 0.15) is 0 Å². The van der Waals surface area contributed by atoms with Gasteiger partial charge in [-0.05, 0) is 36.4 Å². The fourth-order valence-corrected chi connectivity index (χ4v) is 1.89. The van der Waals surface area contributed by atoms with Crippen LogP contribution in [0.5, 0.6) is 11.5 Å². The molecule has 0 radical (unpaired) electrons. The van der Waals surface area contributed by atoms with E-state index in [1.165, 1.54) is 25.3 Å². The highest BCUT2D eigenvalue weighted by molar-refractivity contribution is 6.30. The Balaban J connectivity index is 2.28. The second kappa shape index (κ2) is 7.37. The van der Waals surface area contributed by atoms with Crippen LogP contribution in [-0.2, 0) is 0 Å². The summed E-state index contributed by atoms with van der Waals surface area (Å²) in [6.45, 7) is 0. The first-order chi connectivity index (χ1) is 11.0. The van der Waals surface area contributed by atoms with Crippen LogP contribution in [0.2, 0.25) is 5.02 Å². The minimum Gasteiger partial charge on any atom is -0.494 e. The Hall–Kier alpha value is -2.93. The molecule has 2 aromatic carbocycles. The summed E-state index contributed by atoms with van der Waals surface area (Å²) in [6, 6.07) is 12.5. The predicted molar refractivity (Wildman–Crippen MR) is 84.1 cm³/mol. The molecule has 0 saturated heterocycles. The van der Waals surface area contributed by atoms with Gasteiger partial charge in [0.1, 0.15) is 17.2 Å². The van der Waals surface area contributed by atoms with Crippen LogP contribution in [0.15, 0.2) is 48.5 Å². The van der Waals surface area contributed by atoms with Crippen LogP contribution in [0.4, 0.5) is 15.3 Å². The maximum Gasteiger partial charge on any atom is 0.439 e. The molecule has 0 bridgehead atoms. The van der Waals surface area contributed by atoms with Gasteiger partial charge < -0.3 is 14.6 Å². The number of para-hydroxylation sites is 2. The van der Waals surface area contributed by atoms with Crippen LogP contribution in [-0.4, -0.2) is 24.4 Å². The van der Waals surface area contributed by atoms with Gasteiger partial charge in [-0.2, -0.15) is 5.01 Å². The van der Waals surface area contributed by atoms with E-state index in [-0.39, 0.29) is 11.4 Å². The topological polar surface area (TPSA) is 88.1 Å². The molecule has 2 amide bonds. The first-order valence-electron chi connectivity index (χ1n) is 6.41. The van der Waals surface area contributed by atoms with Gasteiger partial charge in [0.15, 0.2) is 0 Å². The van der Waals surface area contributed by atoms with Crippen LogP contribution in [0.3, 0.4) is 0 Å². The van der Waals surface area contributed by atoms with Gasteiger partial charge in [0.25, 0.3) is 0 Å². The Morgan fingerprint density at radius 2 is 1.78 bits per heavy atom. The summed E-state index contributed by atoms with van der Waals surface area (Å²) in [5.74, 6) is 0.515. The Morgan fingerprint density at radius 3 is 2.39 bits per heavy atom. The lowest BCUT2D eigenvalue weighted by atomic mass is 10.3. The second-order valence-electron chi connectivity index (χ2n) is 4.25. The third-order valence-electron chi connectivity index (χ3n) is 2.73. The lowest BCUT2D eigenvalue weighted by Gasteiger charge is -2.22. The number of benzene rings is 2. The fraction of sp³-hybridized carbons (Fsp3) is 0.0667. The van der Waals surface area contributed by atoms with E-state index in [2.05, 4.69) is 0 Å². The zero-order valence-corrected chi connectivity index (χ0v) is 12.8. The van der Waals surface area contributed by atoms with Crippen molar-refractivity contribution in [2.45, 2.75) is 0 Å². The second-order valence-corrected chi connectivity index (χ2v) is 4.68. The summed E-state index contributed by atoms with van der Waals surface area (Å²) in [4.78, 5) is 23.3. The Bertz CT molecular complexity index is 705. The zero-order valence-electron chi connectivity index (χ0n) is 12.0. The average molecular weight is 337 g/mol. The predicted octanol–water partition coefficient (Wildman–Crippen LogP) is 3.54. The van der Waals surface area contributed by atoms with Gasteiger partial charge in [0, 0.05) is 5.02 Å². The first kappa shape index (κ1) is 16.4. The van der Waals surface area contributed by atoms with Crippen molar-refractivity contribution in [1.82, 2.24) is 5.43 Å². The number of hydrogen-bond acceptors (Lipinski definition) is 4. The van der Waals surface area contributed by atoms with Crippen molar-refractivity contribution in [3.8, 4) is 11.5 Å². The zero-order chi connectivity index (χ0) is 16.8. The molecule has 120 valence electrons. The molecule has 0 atom stereocenters. The Kier molecular flexibility index (Phi) is 5.27. The third kappa shape index (κ3) is 4.27. The first-order valence-corrected chi connectivity index (χ1v) is 6.79. The fourth-order valence-electron chi connectivity index (χ4n) is 1.76. The van der Waals surface area contributed by atoms with E-state index < -0.39 is 12.2 Å². The van der Waals surface area contributed by atoms with Crippen molar-refractivity contribution in [1.29, 1.82) is 0 Å². The summed E-state index contributed by atoms with van der Waals surface area (Å²) in [6.07, 6.45) is -2.37. The number of nitrogens with one attached hydrogen (secondary N) is 1. The summed E-state index contributed by atoms with van der Waals surface area (Å²) < 4.78 is 10.3. The number of carbonyl (C=O) groups excluding carboxylic acids is 1. The summed E-state index contributed by atoms with van der Waals surface area (Å²) in [5, 5.41) is 10.2. The molecule has 0 unspecified atom stereocenters. The molecule has 8 heteroatoms. The number of halogens is 1. The average Bonchev–Trinajstić information content (AvgIpc) is 2.54. The summed E-state index contributed by atoms with van der Waals surface area (Å²) in [7, 11) is 1.41. The molecule has 0 aliphatic rings. The molecule has 0 aliphatic carbocycles. The van der Waals surface area contributed by atoms with Crippen LogP contribution in [0.25, 0.3) is 0 Å². The highest BCUT2D eigenvalue weighted by Gasteiger charge is 2.23. The normalized spacial score (nSPS) is 9.83. The van der Waals surface area contributed by atoms with Crippen molar-refractivity contribution >= 4 is 29.5 Å². The van der Waals surface area contributed by atoms with Gasteiger partial charge >= 0.3 is 12.2 Å². The van der Waals surface area contributed by atoms with Gasteiger partial charge in [-0.25, -0.2) is 15.0 Å². The van der Waals surface area contributed by atoms with E-state index in [1.807, 2.05) is 5.43 Å². The summed E-state index contributed by atoms with van der Waals surface area (Å²) >= 11 is 5.76. The molecule has 2 aromatic rings. The molecule has 23 heavy (non-hydrogen) atoms. The van der Waals surface area contributed by atoms with Gasteiger partial charge in [-0.1, -0.05) is 23.7 Å². The highest BCUT2D eigenvalue weighted by atomic mass is 35.5. The smallest absolute Gasteiger partial charge is 0.439 e. The van der Waals surface area contributed by atoms with Gasteiger partial charge in [0.05, 0.1) is 7.11 Å². The van der Waals surface area contributed by atoms with Gasteiger partial charge in [0.2, 0.25) is 0 Å². The minimum atomic E-state index is -1.43. The number of rotatable bonds is 3. The van der Waals surface area contributed by atoms with Crippen LogP contribution in [0, 0.1) is 0 Å². The maximum atomic E-state index is 12.3. The standard InChI is InChI=1S/C15H13ClN2O5/c1-22-13-5-3-2-4-12(13)18(17-14(19)20)15(21)23-11-8-6-10(16)7-9-11/h2-9,17H,1H3,(H,19,20). The van der Waals surface area contributed by atoms with E-state index in [9.17, 15) is 9.59 Å². The molecule has 0 aromatic heterocycles. The van der Waals surface area contributed by atoms with Crippen molar-refractivity contribution in [3.63, 3.8) is 0 Å². The Labute approximate surface area is 137 Å². The van der Waals surface area contributed by atoms with E-state index in [4.69, 9.17) is 26.2 Å². The van der Waals surface area contributed by atoms with E-state index in [1.54, 1.807) is 30.3 Å². The molecule has 0 fully saturated rings. The lowest BCUT2D eigenvalue weighted by molar-refractivity contribution is 0.183. The number of hydrazine groups is 1. The van der Waals surface area contributed by atoms with E-state index >= 15 is 0 Å². The number of anilines is 1. The maximum absolute atomic E-state index is 12.3. The molecule has 0 saturated carbocycles. The molecule has 0 aliphatic heterocycles. The highest BCUT2D eigenvalue weighted by Crippen LogP contribution is 2.27. The number of carbonyl (C=O) groups is 2. The molecular weight excluding hydrogens is 324 g/mol.